The van der Waals surface area contributed by atoms with E-state index in [1.165, 1.54) is 29.6 Å². The number of carbonyl (C=O) groups excluding carboxylic acids is 1. The molecule has 26 heavy (non-hydrogen) atoms. The molecule has 0 fully saturated rings. The topological polar surface area (TPSA) is 79.8 Å². The molecule has 130 valence electrons. The summed E-state index contributed by atoms with van der Waals surface area (Å²) < 4.78 is 0. The number of rotatable bonds is 4. The third-order valence-corrected chi connectivity index (χ3v) is 5.56. The van der Waals surface area contributed by atoms with Gasteiger partial charge in [-0.15, -0.1) is 11.3 Å². The fourth-order valence-electron chi connectivity index (χ4n) is 2.60. The monoisotopic (exact) mass is 381 g/mol. The van der Waals surface area contributed by atoms with Crippen molar-refractivity contribution >= 4 is 55.4 Å². The maximum atomic E-state index is 11.2. The van der Waals surface area contributed by atoms with Crippen LogP contribution in [-0.4, -0.2) is 20.9 Å². The lowest BCUT2D eigenvalue weighted by atomic mass is 10.2. The number of carbonyl (C=O) groups is 1. The predicted octanol–water partition coefficient (Wildman–Crippen LogP) is 4.83. The van der Waals surface area contributed by atoms with Gasteiger partial charge in [0.05, 0.1) is 21.8 Å². The van der Waals surface area contributed by atoms with Gasteiger partial charge in [0, 0.05) is 29.6 Å². The van der Waals surface area contributed by atoms with Crippen molar-refractivity contribution in [2.45, 2.75) is 13.8 Å². The predicted molar refractivity (Wildman–Crippen MR) is 107 cm³/mol. The van der Waals surface area contributed by atoms with Crippen molar-refractivity contribution in [3.05, 3.63) is 47.6 Å². The highest BCUT2D eigenvalue weighted by molar-refractivity contribution is 7.20. The Balaban J connectivity index is 1.62. The summed E-state index contributed by atoms with van der Waals surface area (Å²) in [5, 5.41) is 10.5. The van der Waals surface area contributed by atoms with Crippen molar-refractivity contribution in [2.75, 3.05) is 10.6 Å². The molecule has 0 spiro atoms. The van der Waals surface area contributed by atoms with E-state index >= 15 is 0 Å². The molecule has 6 nitrogen and oxygen atoms in total. The van der Waals surface area contributed by atoms with Crippen molar-refractivity contribution in [3.63, 3.8) is 0 Å². The number of benzene rings is 1. The summed E-state index contributed by atoms with van der Waals surface area (Å²) in [6, 6.07) is 9.92. The molecule has 8 heteroatoms. The first-order chi connectivity index (χ1) is 12.6. The summed E-state index contributed by atoms with van der Waals surface area (Å²) in [5.41, 5.74) is 3.61. The Morgan fingerprint density at radius 2 is 2.00 bits per heavy atom. The summed E-state index contributed by atoms with van der Waals surface area (Å²) >= 11 is 2.95. The molecule has 0 aliphatic carbocycles. The highest BCUT2D eigenvalue weighted by Crippen LogP contribution is 2.35. The molecule has 3 heterocycles. The number of fused-ring (bicyclic) bond motifs is 1. The van der Waals surface area contributed by atoms with E-state index < -0.39 is 0 Å². The molecule has 0 radical (unpaired) electrons. The third kappa shape index (κ3) is 3.29. The zero-order valence-corrected chi connectivity index (χ0v) is 15.7. The molecule has 0 aliphatic heterocycles. The van der Waals surface area contributed by atoms with Crippen LogP contribution in [0.4, 0.5) is 16.0 Å². The Bertz CT molecular complexity index is 1100. The molecule has 4 rings (SSSR count). The summed E-state index contributed by atoms with van der Waals surface area (Å²) in [6.07, 6.45) is 1.78. The molecule has 0 saturated heterocycles. The first-order valence-corrected chi connectivity index (χ1v) is 9.61. The van der Waals surface area contributed by atoms with Crippen molar-refractivity contribution in [1.29, 1.82) is 0 Å². The number of amides is 1. The normalized spacial score (nSPS) is 10.8. The van der Waals surface area contributed by atoms with Crippen molar-refractivity contribution in [2.24, 2.45) is 0 Å². The number of nitrogens with one attached hydrogen (secondary N) is 2. The molecule has 0 atom stereocenters. The summed E-state index contributed by atoms with van der Waals surface area (Å²) in [4.78, 5) is 25.6. The van der Waals surface area contributed by atoms with Gasteiger partial charge in [-0.25, -0.2) is 9.97 Å². The average molecular weight is 381 g/mol. The minimum atomic E-state index is -0.129. The maximum absolute atomic E-state index is 11.2. The van der Waals surface area contributed by atoms with Crippen LogP contribution in [-0.2, 0) is 4.79 Å². The van der Waals surface area contributed by atoms with E-state index in [9.17, 15) is 4.79 Å². The standard InChI is InChI=1S/C18H15N5OS2/c1-10-16(26-18(20-10)21-11(2)24)15-9-25-17(23-15)22-14-7-3-6-13-12(14)5-4-8-19-13/h3-9H,1-2H3,(H,22,23)(H,20,21,24). The van der Waals surface area contributed by atoms with E-state index in [4.69, 9.17) is 0 Å². The fourth-order valence-corrected chi connectivity index (χ4v) is 4.36. The van der Waals surface area contributed by atoms with Gasteiger partial charge in [0.15, 0.2) is 10.3 Å². The van der Waals surface area contributed by atoms with E-state index in [0.717, 1.165) is 38.0 Å². The number of thiazole rings is 2. The van der Waals surface area contributed by atoms with Crippen LogP contribution in [0.1, 0.15) is 12.6 Å². The van der Waals surface area contributed by atoms with E-state index in [2.05, 4.69) is 25.6 Å². The van der Waals surface area contributed by atoms with E-state index in [0.29, 0.717) is 5.13 Å². The van der Waals surface area contributed by atoms with E-state index in [1.54, 1.807) is 6.20 Å². The first kappa shape index (κ1) is 16.6. The van der Waals surface area contributed by atoms with Crippen LogP contribution in [0.5, 0.6) is 0 Å². The Hall–Kier alpha value is -2.84. The Labute approximate surface area is 158 Å². The number of aryl methyl sites for hydroxylation is 1. The minimum absolute atomic E-state index is 0.129. The van der Waals surface area contributed by atoms with Crippen LogP contribution in [0.15, 0.2) is 41.9 Å². The molecule has 1 aromatic carbocycles. The van der Waals surface area contributed by atoms with Gasteiger partial charge in [-0.05, 0) is 31.2 Å². The summed E-state index contributed by atoms with van der Waals surface area (Å²) in [5.74, 6) is -0.129. The van der Waals surface area contributed by atoms with Crippen LogP contribution < -0.4 is 10.6 Å². The lowest BCUT2D eigenvalue weighted by molar-refractivity contribution is -0.114. The minimum Gasteiger partial charge on any atom is -0.331 e. The molecule has 3 aromatic heterocycles. The summed E-state index contributed by atoms with van der Waals surface area (Å²) in [6.45, 7) is 3.39. The molecular weight excluding hydrogens is 366 g/mol. The second kappa shape index (κ2) is 6.81. The first-order valence-electron chi connectivity index (χ1n) is 7.92. The maximum Gasteiger partial charge on any atom is 0.223 e. The lowest BCUT2D eigenvalue weighted by Crippen LogP contribution is -2.04. The zero-order valence-electron chi connectivity index (χ0n) is 14.1. The summed E-state index contributed by atoms with van der Waals surface area (Å²) in [7, 11) is 0. The molecule has 0 unspecified atom stereocenters. The molecule has 4 aromatic rings. The zero-order chi connectivity index (χ0) is 18.1. The van der Waals surface area contributed by atoms with Crippen LogP contribution >= 0.6 is 22.7 Å². The molecule has 2 N–H and O–H groups in total. The van der Waals surface area contributed by atoms with Gasteiger partial charge in [-0.3, -0.25) is 9.78 Å². The Morgan fingerprint density at radius 3 is 2.85 bits per heavy atom. The molecule has 0 aliphatic rings. The molecule has 1 amide bonds. The van der Waals surface area contributed by atoms with Gasteiger partial charge >= 0.3 is 0 Å². The van der Waals surface area contributed by atoms with Gasteiger partial charge in [0.2, 0.25) is 5.91 Å². The van der Waals surface area contributed by atoms with Crippen LogP contribution in [0, 0.1) is 6.92 Å². The highest BCUT2D eigenvalue weighted by Gasteiger charge is 2.14. The number of aromatic nitrogens is 3. The van der Waals surface area contributed by atoms with Gasteiger partial charge in [-0.2, -0.15) is 0 Å². The number of anilines is 3. The number of pyridine rings is 1. The van der Waals surface area contributed by atoms with Crippen LogP contribution in [0.2, 0.25) is 0 Å². The SMILES string of the molecule is CC(=O)Nc1nc(C)c(-c2csc(Nc3cccc4ncccc34)n2)s1. The molecular formula is C18H15N5OS2. The smallest absolute Gasteiger partial charge is 0.223 e. The third-order valence-electron chi connectivity index (χ3n) is 3.70. The quantitative estimate of drug-likeness (QED) is 0.529. The number of hydrogen-bond donors (Lipinski definition) is 2. The molecule has 0 bridgehead atoms. The highest BCUT2D eigenvalue weighted by atomic mass is 32.1. The Morgan fingerprint density at radius 1 is 1.12 bits per heavy atom. The number of hydrogen-bond acceptors (Lipinski definition) is 7. The van der Waals surface area contributed by atoms with Crippen molar-refractivity contribution in [1.82, 2.24) is 15.0 Å². The Kier molecular flexibility index (Phi) is 4.36. The molecule has 0 saturated carbocycles. The van der Waals surface area contributed by atoms with Crippen LogP contribution in [0.3, 0.4) is 0 Å². The second-order valence-electron chi connectivity index (χ2n) is 5.65. The number of nitrogens with zero attached hydrogens (tertiary/aromatic N) is 3. The van der Waals surface area contributed by atoms with Gasteiger partial charge in [-0.1, -0.05) is 17.4 Å². The average Bonchev–Trinajstić information content (AvgIpc) is 3.21. The van der Waals surface area contributed by atoms with Crippen molar-refractivity contribution < 1.29 is 4.79 Å². The van der Waals surface area contributed by atoms with Gasteiger partial charge in [0.1, 0.15) is 0 Å². The second-order valence-corrected chi connectivity index (χ2v) is 7.51. The fraction of sp³-hybridized carbons (Fsp3) is 0.111. The van der Waals surface area contributed by atoms with E-state index in [1.807, 2.05) is 42.6 Å². The van der Waals surface area contributed by atoms with Gasteiger partial charge < -0.3 is 10.6 Å². The van der Waals surface area contributed by atoms with Crippen LogP contribution in [0.25, 0.3) is 21.5 Å². The van der Waals surface area contributed by atoms with Crippen molar-refractivity contribution in [3.8, 4) is 10.6 Å². The van der Waals surface area contributed by atoms with E-state index in [-0.39, 0.29) is 5.91 Å². The lowest BCUT2D eigenvalue weighted by Gasteiger charge is -2.06. The van der Waals surface area contributed by atoms with Gasteiger partial charge in [0.25, 0.3) is 0 Å². The largest absolute Gasteiger partial charge is 0.331 e.